The maximum atomic E-state index is 11.8. The van der Waals surface area contributed by atoms with E-state index in [9.17, 15) is 9.59 Å². The highest BCUT2D eigenvalue weighted by Crippen LogP contribution is 2.22. The zero-order valence-corrected chi connectivity index (χ0v) is 10.5. The highest BCUT2D eigenvalue weighted by Gasteiger charge is 2.23. The Balaban J connectivity index is 1.90. The summed E-state index contributed by atoms with van der Waals surface area (Å²) < 4.78 is 0. The van der Waals surface area contributed by atoms with Gasteiger partial charge < -0.3 is 16.4 Å². The first-order valence-electron chi connectivity index (χ1n) is 5.69. The molecule has 0 aromatic heterocycles. The molecule has 2 rings (SSSR count). The minimum Gasteiger partial charge on any atom is -0.397 e. The van der Waals surface area contributed by atoms with E-state index < -0.39 is 5.91 Å². The number of nitrogens with two attached hydrogens (primary N) is 1. The van der Waals surface area contributed by atoms with Crippen molar-refractivity contribution in [3.05, 3.63) is 28.8 Å². The third-order valence-corrected chi connectivity index (χ3v) is 2.98. The molecule has 4 N–H and O–H groups in total. The van der Waals surface area contributed by atoms with Crippen molar-refractivity contribution in [2.24, 2.45) is 0 Å². The second-order valence-corrected chi connectivity index (χ2v) is 4.63. The summed E-state index contributed by atoms with van der Waals surface area (Å²) in [5, 5.41) is 5.61. The monoisotopic (exact) mass is 267 g/mol. The highest BCUT2D eigenvalue weighted by molar-refractivity contribution is 6.33. The van der Waals surface area contributed by atoms with Crippen LogP contribution in [0, 0.1) is 0 Å². The Kier molecular flexibility index (Phi) is 3.72. The first-order valence-corrected chi connectivity index (χ1v) is 6.07. The zero-order valence-electron chi connectivity index (χ0n) is 9.70. The average molecular weight is 268 g/mol. The molecule has 1 saturated carbocycles. The number of carbonyl (C=O) groups excluding carboxylic acids is 2. The number of hydrogen-bond donors (Lipinski definition) is 3. The molecule has 0 saturated heterocycles. The van der Waals surface area contributed by atoms with Crippen molar-refractivity contribution in [1.29, 1.82) is 0 Å². The van der Waals surface area contributed by atoms with Crippen LogP contribution in [0.1, 0.15) is 23.2 Å². The van der Waals surface area contributed by atoms with E-state index in [1.54, 1.807) is 18.2 Å². The van der Waals surface area contributed by atoms with E-state index in [1.807, 2.05) is 0 Å². The zero-order chi connectivity index (χ0) is 13.1. The number of nitrogen functional groups attached to an aromatic ring is 1. The van der Waals surface area contributed by atoms with Gasteiger partial charge in [-0.2, -0.15) is 0 Å². The first kappa shape index (κ1) is 12.7. The molecular formula is C12H14ClN3O2. The van der Waals surface area contributed by atoms with Crippen molar-refractivity contribution in [3.8, 4) is 0 Å². The van der Waals surface area contributed by atoms with Crippen LogP contribution in [0.25, 0.3) is 0 Å². The van der Waals surface area contributed by atoms with Crippen LogP contribution in [-0.2, 0) is 4.79 Å². The van der Waals surface area contributed by atoms with Gasteiger partial charge in [-0.15, -0.1) is 0 Å². The third kappa shape index (κ3) is 3.13. The lowest BCUT2D eigenvalue weighted by molar-refractivity contribution is -0.120. The molecular weight excluding hydrogens is 254 g/mol. The van der Waals surface area contributed by atoms with Gasteiger partial charge >= 0.3 is 0 Å². The summed E-state index contributed by atoms with van der Waals surface area (Å²) in [5.41, 5.74) is 6.19. The fourth-order valence-electron chi connectivity index (χ4n) is 1.50. The van der Waals surface area contributed by atoms with Crippen molar-refractivity contribution in [3.63, 3.8) is 0 Å². The molecule has 0 aliphatic heterocycles. The highest BCUT2D eigenvalue weighted by atomic mass is 35.5. The van der Waals surface area contributed by atoms with Crippen LogP contribution < -0.4 is 16.4 Å². The van der Waals surface area contributed by atoms with Gasteiger partial charge in [0.25, 0.3) is 5.91 Å². The summed E-state index contributed by atoms with van der Waals surface area (Å²) in [7, 11) is 0. The topological polar surface area (TPSA) is 84.2 Å². The second-order valence-electron chi connectivity index (χ2n) is 4.23. The Hall–Kier alpha value is -1.75. The van der Waals surface area contributed by atoms with Gasteiger partial charge in [-0.1, -0.05) is 17.7 Å². The largest absolute Gasteiger partial charge is 0.397 e. The number of nitrogens with one attached hydrogen (secondary N) is 2. The number of rotatable bonds is 4. The molecule has 1 aromatic carbocycles. The van der Waals surface area contributed by atoms with E-state index in [0.717, 1.165) is 12.8 Å². The van der Waals surface area contributed by atoms with Gasteiger partial charge in [-0.05, 0) is 25.0 Å². The van der Waals surface area contributed by atoms with Crippen LogP contribution in [0.4, 0.5) is 5.69 Å². The van der Waals surface area contributed by atoms with E-state index in [2.05, 4.69) is 10.6 Å². The number of carbonyl (C=O) groups is 2. The number of para-hydroxylation sites is 1. The summed E-state index contributed by atoms with van der Waals surface area (Å²) in [6, 6.07) is 5.09. The molecule has 0 atom stereocenters. The van der Waals surface area contributed by atoms with Crippen molar-refractivity contribution in [2.75, 3.05) is 12.3 Å². The molecule has 0 bridgehead atoms. The Morgan fingerprint density at radius 2 is 2.11 bits per heavy atom. The molecule has 1 fully saturated rings. The van der Waals surface area contributed by atoms with Gasteiger partial charge in [-0.25, -0.2) is 0 Å². The number of halogens is 1. The van der Waals surface area contributed by atoms with Gasteiger partial charge in [0.05, 0.1) is 22.8 Å². The Labute approximate surface area is 110 Å². The molecule has 18 heavy (non-hydrogen) atoms. The predicted octanol–water partition coefficient (Wildman–Crippen LogP) is 0.931. The van der Waals surface area contributed by atoms with E-state index in [4.69, 9.17) is 17.3 Å². The summed E-state index contributed by atoms with van der Waals surface area (Å²) in [4.78, 5) is 23.2. The van der Waals surface area contributed by atoms with E-state index in [-0.39, 0.29) is 29.7 Å². The summed E-state index contributed by atoms with van der Waals surface area (Å²) in [6.07, 6.45) is 2.03. The molecule has 0 spiro atoms. The Morgan fingerprint density at radius 3 is 2.78 bits per heavy atom. The minimum atomic E-state index is -0.402. The number of hydrogen-bond acceptors (Lipinski definition) is 3. The SMILES string of the molecule is Nc1c(Cl)cccc1C(=O)NCC(=O)NC1CC1. The lowest BCUT2D eigenvalue weighted by atomic mass is 10.1. The minimum absolute atomic E-state index is 0.0543. The molecule has 96 valence electrons. The molecule has 1 aliphatic rings. The van der Waals surface area contributed by atoms with Crippen molar-refractivity contribution in [1.82, 2.24) is 10.6 Å². The number of amides is 2. The van der Waals surface area contributed by atoms with Gasteiger partial charge in [0.15, 0.2) is 0 Å². The molecule has 5 nitrogen and oxygen atoms in total. The van der Waals surface area contributed by atoms with Crippen LogP contribution in [0.5, 0.6) is 0 Å². The smallest absolute Gasteiger partial charge is 0.253 e. The van der Waals surface area contributed by atoms with Crippen LogP contribution in [0.2, 0.25) is 5.02 Å². The third-order valence-electron chi connectivity index (χ3n) is 2.65. The average Bonchev–Trinajstić information content (AvgIpc) is 3.13. The molecule has 0 unspecified atom stereocenters. The lowest BCUT2D eigenvalue weighted by Crippen LogP contribution is -2.38. The van der Waals surface area contributed by atoms with E-state index >= 15 is 0 Å². The van der Waals surface area contributed by atoms with Gasteiger partial charge in [0.2, 0.25) is 5.91 Å². The molecule has 2 amide bonds. The molecule has 0 heterocycles. The summed E-state index contributed by atoms with van der Waals surface area (Å²) in [6.45, 7) is -0.0543. The Bertz CT molecular complexity index is 486. The fraction of sp³-hybridized carbons (Fsp3) is 0.333. The first-order chi connectivity index (χ1) is 8.58. The second kappa shape index (κ2) is 5.27. The number of benzene rings is 1. The molecule has 0 radical (unpaired) electrons. The van der Waals surface area contributed by atoms with Crippen LogP contribution >= 0.6 is 11.6 Å². The maximum Gasteiger partial charge on any atom is 0.253 e. The fourth-order valence-corrected chi connectivity index (χ4v) is 1.67. The van der Waals surface area contributed by atoms with Crippen LogP contribution in [0.3, 0.4) is 0 Å². The van der Waals surface area contributed by atoms with Crippen molar-refractivity contribution >= 4 is 29.1 Å². The van der Waals surface area contributed by atoms with Gasteiger partial charge in [0.1, 0.15) is 0 Å². The summed E-state index contributed by atoms with van der Waals surface area (Å²) >= 11 is 5.81. The van der Waals surface area contributed by atoms with Crippen molar-refractivity contribution in [2.45, 2.75) is 18.9 Å². The molecule has 1 aliphatic carbocycles. The van der Waals surface area contributed by atoms with E-state index in [1.165, 1.54) is 0 Å². The molecule has 1 aromatic rings. The quantitative estimate of drug-likeness (QED) is 0.710. The lowest BCUT2D eigenvalue weighted by Gasteiger charge is -2.08. The summed E-state index contributed by atoms with van der Waals surface area (Å²) in [5.74, 6) is -0.590. The Morgan fingerprint density at radius 1 is 1.39 bits per heavy atom. The van der Waals surface area contributed by atoms with Crippen LogP contribution in [0.15, 0.2) is 18.2 Å². The normalized spacial score (nSPS) is 14.1. The standard InChI is InChI=1S/C12H14ClN3O2/c13-9-3-1-2-8(11(9)14)12(18)15-6-10(17)16-7-4-5-7/h1-3,7H,4-6,14H2,(H,15,18)(H,16,17). The van der Waals surface area contributed by atoms with E-state index in [0.29, 0.717) is 5.02 Å². The maximum absolute atomic E-state index is 11.8. The number of anilines is 1. The molecule has 6 heteroatoms. The van der Waals surface area contributed by atoms with Gasteiger partial charge in [0, 0.05) is 6.04 Å². The predicted molar refractivity (Wildman–Crippen MR) is 69.4 cm³/mol. The van der Waals surface area contributed by atoms with Crippen LogP contribution in [-0.4, -0.2) is 24.4 Å². The van der Waals surface area contributed by atoms with Crippen molar-refractivity contribution < 1.29 is 9.59 Å². The van der Waals surface area contributed by atoms with Gasteiger partial charge in [-0.3, -0.25) is 9.59 Å².